The van der Waals surface area contributed by atoms with Crippen LogP contribution in [-0.2, 0) is 10.1 Å². The Bertz CT molecular complexity index is 462. The van der Waals surface area contributed by atoms with E-state index in [0.29, 0.717) is 6.42 Å². The Hall–Kier alpha value is -1.20. The van der Waals surface area contributed by atoms with Crippen molar-refractivity contribution in [1.29, 1.82) is 0 Å². The molecule has 0 heterocycles. The van der Waals surface area contributed by atoms with Crippen LogP contribution in [0.2, 0.25) is 0 Å². The standard InChI is InChI=1S/C10H12O4S/c1-2-5-9(11)8-6-3-4-7-10(8)15(12,13)14/h3-4,6-7H,2,5H2,1H3,(H,12,13,14). The van der Waals surface area contributed by atoms with Crippen molar-refractivity contribution < 1.29 is 17.8 Å². The quantitative estimate of drug-likeness (QED) is 0.631. The molecule has 1 N–H and O–H groups in total. The highest BCUT2D eigenvalue weighted by molar-refractivity contribution is 7.86. The average molecular weight is 228 g/mol. The van der Waals surface area contributed by atoms with Crippen molar-refractivity contribution in [2.75, 3.05) is 0 Å². The summed E-state index contributed by atoms with van der Waals surface area (Å²) < 4.78 is 30.8. The summed E-state index contributed by atoms with van der Waals surface area (Å²) in [6.07, 6.45) is 0.908. The van der Waals surface area contributed by atoms with E-state index in [2.05, 4.69) is 0 Å². The van der Waals surface area contributed by atoms with Crippen LogP contribution >= 0.6 is 0 Å². The Labute approximate surface area is 88.7 Å². The lowest BCUT2D eigenvalue weighted by molar-refractivity contribution is 0.0978. The minimum atomic E-state index is -4.32. The molecule has 0 radical (unpaired) electrons. The lowest BCUT2D eigenvalue weighted by Crippen LogP contribution is -2.08. The van der Waals surface area contributed by atoms with Crippen LogP contribution in [0.5, 0.6) is 0 Å². The fourth-order valence-electron chi connectivity index (χ4n) is 1.28. The van der Waals surface area contributed by atoms with E-state index in [1.54, 1.807) is 6.07 Å². The van der Waals surface area contributed by atoms with Gasteiger partial charge in [0.25, 0.3) is 10.1 Å². The molecular formula is C10H12O4S. The number of carbonyl (C=O) groups is 1. The maximum absolute atomic E-state index is 11.5. The molecule has 0 aliphatic rings. The number of carbonyl (C=O) groups excluding carboxylic acids is 1. The summed E-state index contributed by atoms with van der Waals surface area (Å²) in [7, 11) is -4.32. The van der Waals surface area contributed by atoms with Gasteiger partial charge >= 0.3 is 0 Å². The number of ketones is 1. The Morgan fingerprint density at radius 2 is 1.93 bits per heavy atom. The van der Waals surface area contributed by atoms with Gasteiger partial charge in [-0.1, -0.05) is 25.1 Å². The molecule has 0 aliphatic heterocycles. The van der Waals surface area contributed by atoms with E-state index in [4.69, 9.17) is 4.55 Å². The van der Waals surface area contributed by atoms with Gasteiger partial charge in [0.15, 0.2) is 5.78 Å². The Balaban J connectivity index is 3.25. The van der Waals surface area contributed by atoms with Gasteiger partial charge in [-0.15, -0.1) is 0 Å². The molecule has 0 saturated heterocycles. The Morgan fingerprint density at radius 3 is 2.47 bits per heavy atom. The van der Waals surface area contributed by atoms with Crippen LogP contribution in [0.4, 0.5) is 0 Å². The van der Waals surface area contributed by atoms with E-state index in [9.17, 15) is 13.2 Å². The maximum Gasteiger partial charge on any atom is 0.295 e. The van der Waals surface area contributed by atoms with Crippen molar-refractivity contribution in [3.8, 4) is 0 Å². The van der Waals surface area contributed by atoms with Crippen molar-refractivity contribution in [1.82, 2.24) is 0 Å². The van der Waals surface area contributed by atoms with Gasteiger partial charge in [0.2, 0.25) is 0 Å². The molecule has 82 valence electrons. The van der Waals surface area contributed by atoms with Crippen LogP contribution in [0, 0.1) is 0 Å². The number of Topliss-reactive ketones (excluding diaryl/α,β-unsaturated/α-hetero) is 1. The number of hydrogen-bond donors (Lipinski definition) is 1. The zero-order valence-electron chi connectivity index (χ0n) is 8.30. The first-order valence-electron chi connectivity index (χ1n) is 4.56. The summed E-state index contributed by atoms with van der Waals surface area (Å²) in [5.41, 5.74) is 0.0573. The Morgan fingerprint density at radius 1 is 1.33 bits per heavy atom. The summed E-state index contributed by atoms with van der Waals surface area (Å²) in [5, 5.41) is 0. The zero-order chi connectivity index (χ0) is 11.5. The average Bonchev–Trinajstić information content (AvgIpc) is 2.17. The fraction of sp³-hybridized carbons (Fsp3) is 0.300. The van der Waals surface area contributed by atoms with Crippen LogP contribution in [-0.4, -0.2) is 18.8 Å². The normalized spacial score (nSPS) is 11.3. The van der Waals surface area contributed by atoms with Gasteiger partial charge in [0.1, 0.15) is 4.90 Å². The maximum atomic E-state index is 11.5. The van der Waals surface area contributed by atoms with Crippen molar-refractivity contribution in [2.24, 2.45) is 0 Å². The van der Waals surface area contributed by atoms with Crippen molar-refractivity contribution in [3.05, 3.63) is 29.8 Å². The van der Waals surface area contributed by atoms with Crippen molar-refractivity contribution in [3.63, 3.8) is 0 Å². The SMILES string of the molecule is CCCC(=O)c1ccccc1S(=O)(=O)O. The monoisotopic (exact) mass is 228 g/mol. The molecule has 5 heteroatoms. The summed E-state index contributed by atoms with van der Waals surface area (Å²) in [6, 6.07) is 5.66. The Kier molecular flexibility index (Phi) is 3.60. The van der Waals surface area contributed by atoms with Gasteiger partial charge in [0, 0.05) is 12.0 Å². The molecule has 0 bridgehead atoms. The van der Waals surface area contributed by atoms with Gasteiger partial charge in [-0.25, -0.2) is 0 Å². The summed E-state index contributed by atoms with van der Waals surface area (Å²) in [5.74, 6) is -0.272. The minimum Gasteiger partial charge on any atom is -0.294 e. The summed E-state index contributed by atoms with van der Waals surface area (Å²) in [4.78, 5) is 11.2. The molecule has 1 rings (SSSR count). The van der Waals surface area contributed by atoms with E-state index < -0.39 is 10.1 Å². The first-order chi connectivity index (χ1) is 6.96. The largest absolute Gasteiger partial charge is 0.295 e. The lowest BCUT2D eigenvalue weighted by Gasteiger charge is -2.04. The first kappa shape index (κ1) is 11.9. The highest BCUT2D eigenvalue weighted by Gasteiger charge is 2.18. The van der Waals surface area contributed by atoms with Gasteiger partial charge in [-0.2, -0.15) is 8.42 Å². The second-order valence-corrected chi connectivity index (χ2v) is 4.53. The van der Waals surface area contributed by atoms with Crippen molar-refractivity contribution in [2.45, 2.75) is 24.7 Å². The molecule has 15 heavy (non-hydrogen) atoms. The highest BCUT2D eigenvalue weighted by atomic mass is 32.2. The topological polar surface area (TPSA) is 71.4 Å². The highest BCUT2D eigenvalue weighted by Crippen LogP contribution is 2.17. The predicted octanol–water partition coefficient (Wildman–Crippen LogP) is 1.92. The van der Waals surface area contributed by atoms with E-state index in [1.165, 1.54) is 18.2 Å². The zero-order valence-corrected chi connectivity index (χ0v) is 9.12. The third-order valence-electron chi connectivity index (χ3n) is 1.94. The smallest absolute Gasteiger partial charge is 0.294 e. The third-order valence-corrected chi connectivity index (χ3v) is 2.85. The van der Waals surface area contributed by atoms with Crippen LogP contribution in [0.1, 0.15) is 30.1 Å². The van der Waals surface area contributed by atoms with E-state index in [1.807, 2.05) is 6.92 Å². The van der Waals surface area contributed by atoms with Crippen molar-refractivity contribution >= 4 is 15.9 Å². The molecule has 0 aliphatic carbocycles. The third kappa shape index (κ3) is 2.87. The minimum absolute atomic E-state index is 0.0573. The van der Waals surface area contributed by atoms with E-state index in [0.717, 1.165) is 0 Å². The number of hydrogen-bond acceptors (Lipinski definition) is 3. The van der Waals surface area contributed by atoms with Gasteiger partial charge in [0.05, 0.1) is 0 Å². The molecule has 0 spiro atoms. The molecule has 1 aromatic carbocycles. The van der Waals surface area contributed by atoms with E-state index in [-0.39, 0.29) is 22.7 Å². The molecule has 0 fully saturated rings. The molecule has 0 saturated carbocycles. The first-order valence-corrected chi connectivity index (χ1v) is 6.00. The molecule has 1 aromatic rings. The van der Waals surface area contributed by atoms with Gasteiger partial charge in [-0.3, -0.25) is 9.35 Å². The van der Waals surface area contributed by atoms with Gasteiger partial charge in [-0.05, 0) is 12.5 Å². The fourth-order valence-corrected chi connectivity index (χ4v) is 1.99. The number of benzene rings is 1. The van der Waals surface area contributed by atoms with Crippen LogP contribution < -0.4 is 0 Å². The molecule has 0 amide bonds. The molecule has 0 unspecified atom stereocenters. The second-order valence-electron chi connectivity index (χ2n) is 3.14. The summed E-state index contributed by atoms with van der Waals surface area (Å²) in [6.45, 7) is 1.83. The molecule has 4 nitrogen and oxygen atoms in total. The second kappa shape index (κ2) is 4.55. The lowest BCUT2D eigenvalue weighted by atomic mass is 10.1. The van der Waals surface area contributed by atoms with Gasteiger partial charge < -0.3 is 0 Å². The number of rotatable bonds is 4. The molecule has 0 aromatic heterocycles. The van der Waals surface area contributed by atoms with Crippen LogP contribution in [0.15, 0.2) is 29.2 Å². The predicted molar refractivity (Wildman–Crippen MR) is 55.5 cm³/mol. The van der Waals surface area contributed by atoms with Crippen LogP contribution in [0.25, 0.3) is 0 Å². The van der Waals surface area contributed by atoms with E-state index >= 15 is 0 Å². The summed E-state index contributed by atoms with van der Waals surface area (Å²) >= 11 is 0. The molecular weight excluding hydrogens is 216 g/mol. The van der Waals surface area contributed by atoms with Crippen LogP contribution in [0.3, 0.4) is 0 Å². The molecule has 0 atom stereocenters.